The molecule has 4 aromatic rings. The first-order chi connectivity index (χ1) is 18.8. The standard InChI is InChI=1S/C29H27N3O4S3/c1-18(19-9-13-21(35-3)14-10-19)26-27(34)32(29(2,39-26)20-11-15-22(36-4)16-12-20)31-25(33)17-37-28-30-23-7-5-6-8-24(23)38-28/h5-16H,17H2,1-4H3,(H,31,33)/b26-18-. The maximum Gasteiger partial charge on any atom is 0.280 e. The van der Waals surface area contributed by atoms with E-state index >= 15 is 0 Å². The normalized spacial score (nSPS) is 18.4. The average Bonchev–Trinajstić information content (AvgIpc) is 3.50. The van der Waals surface area contributed by atoms with Gasteiger partial charge in [0.15, 0.2) is 4.34 Å². The molecule has 1 N–H and O–H groups in total. The van der Waals surface area contributed by atoms with Crippen LogP contribution in [0.2, 0.25) is 0 Å². The summed E-state index contributed by atoms with van der Waals surface area (Å²) in [4.78, 5) is 31.3. The Bertz CT molecular complexity index is 1520. The molecule has 5 rings (SSSR count). The Morgan fingerprint density at radius 3 is 2.28 bits per heavy atom. The molecule has 1 aromatic heterocycles. The van der Waals surface area contributed by atoms with Crippen molar-refractivity contribution in [1.29, 1.82) is 0 Å². The Labute approximate surface area is 239 Å². The molecule has 1 fully saturated rings. The van der Waals surface area contributed by atoms with Gasteiger partial charge in [0, 0.05) is 0 Å². The van der Waals surface area contributed by atoms with E-state index in [1.54, 1.807) is 25.6 Å². The molecule has 7 nitrogen and oxygen atoms in total. The van der Waals surface area contributed by atoms with Gasteiger partial charge in [-0.1, -0.05) is 59.9 Å². The number of methoxy groups -OCH3 is 2. The number of hydrogen-bond donors (Lipinski definition) is 1. The van der Waals surface area contributed by atoms with Gasteiger partial charge in [0.25, 0.3) is 5.91 Å². The Morgan fingerprint density at radius 2 is 1.64 bits per heavy atom. The predicted molar refractivity (Wildman–Crippen MR) is 159 cm³/mol. The Morgan fingerprint density at radius 1 is 1.00 bits per heavy atom. The molecular weight excluding hydrogens is 551 g/mol. The van der Waals surface area contributed by atoms with E-state index in [0.717, 1.165) is 37.0 Å². The molecule has 1 saturated heterocycles. The number of thioether (sulfide) groups is 2. The average molecular weight is 578 g/mol. The van der Waals surface area contributed by atoms with Crippen molar-refractivity contribution in [2.75, 3.05) is 20.0 Å². The van der Waals surface area contributed by atoms with Gasteiger partial charge >= 0.3 is 0 Å². The summed E-state index contributed by atoms with van der Waals surface area (Å²) in [6.45, 7) is 3.86. The van der Waals surface area contributed by atoms with Gasteiger partial charge in [-0.25, -0.2) is 9.99 Å². The number of allylic oxidation sites excluding steroid dienone is 1. The highest BCUT2D eigenvalue weighted by Gasteiger charge is 2.49. The molecule has 0 aliphatic carbocycles. The summed E-state index contributed by atoms with van der Waals surface area (Å²) in [5.41, 5.74) is 6.40. The summed E-state index contributed by atoms with van der Waals surface area (Å²) in [6, 6.07) is 23.0. The van der Waals surface area contributed by atoms with Crippen LogP contribution in [0.4, 0.5) is 0 Å². The molecular formula is C29H27N3O4S3. The minimum Gasteiger partial charge on any atom is -0.497 e. The van der Waals surface area contributed by atoms with Crippen LogP contribution in [0.1, 0.15) is 25.0 Å². The fourth-order valence-electron chi connectivity index (χ4n) is 4.24. The lowest BCUT2D eigenvalue weighted by molar-refractivity contribution is -0.139. The lowest BCUT2D eigenvalue weighted by Crippen LogP contribution is -2.52. The van der Waals surface area contributed by atoms with E-state index in [-0.39, 0.29) is 17.6 Å². The zero-order valence-corrected chi connectivity index (χ0v) is 24.3. The van der Waals surface area contributed by atoms with E-state index in [4.69, 9.17) is 9.47 Å². The second-order valence-electron chi connectivity index (χ2n) is 8.91. The fourth-order valence-corrected chi connectivity index (χ4v) is 7.42. The Hall–Kier alpha value is -3.47. The van der Waals surface area contributed by atoms with Gasteiger partial charge in [-0.2, -0.15) is 0 Å². The largest absolute Gasteiger partial charge is 0.497 e. The van der Waals surface area contributed by atoms with E-state index in [9.17, 15) is 9.59 Å². The topological polar surface area (TPSA) is 80.8 Å². The van der Waals surface area contributed by atoms with Crippen LogP contribution >= 0.6 is 34.9 Å². The van der Waals surface area contributed by atoms with Gasteiger partial charge in [0.2, 0.25) is 5.91 Å². The second-order valence-corrected chi connectivity index (χ2v) is 12.6. The summed E-state index contributed by atoms with van der Waals surface area (Å²) in [7, 11) is 3.23. The van der Waals surface area contributed by atoms with E-state index in [0.29, 0.717) is 10.7 Å². The summed E-state index contributed by atoms with van der Waals surface area (Å²) in [6.07, 6.45) is 0. The highest BCUT2D eigenvalue weighted by atomic mass is 32.2. The molecule has 2 heterocycles. The van der Waals surface area contributed by atoms with Crippen molar-refractivity contribution in [2.45, 2.75) is 23.1 Å². The zero-order chi connectivity index (χ0) is 27.6. The van der Waals surface area contributed by atoms with E-state index < -0.39 is 4.87 Å². The number of aromatic nitrogens is 1. The molecule has 39 heavy (non-hydrogen) atoms. The lowest BCUT2D eigenvalue weighted by atomic mass is 10.1. The van der Waals surface area contributed by atoms with Crippen molar-refractivity contribution in [1.82, 2.24) is 15.4 Å². The van der Waals surface area contributed by atoms with E-state index in [1.807, 2.05) is 86.6 Å². The number of hydrogen-bond acceptors (Lipinski definition) is 8. The highest BCUT2D eigenvalue weighted by Crippen LogP contribution is 2.52. The quantitative estimate of drug-likeness (QED) is 0.194. The van der Waals surface area contributed by atoms with Crippen LogP contribution in [0, 0.1) is 0 Å². The van der Waals surface area contributed by atoms with Gasteiger partial charge in [-0.3, -0.25) is 15.0 Å². The molecule has 0 spiro atoms. The molecule has 1 unspecified atom stereocenters. The van der Waals surface area contributed by atoms with Gasteiger partial charge in [0.05, 0.1) is 35.1 Å². The molecule has 10 heteroatoms. The summed E-state index contributed by atoms with van der Waals surface area (Å²) in [5, 5.41) is 1.45. The first-order valence-electron chi connectivity index (χ1n) is 12.1. The smallest absolute Gasteiger partial charge is 0.280 e. The van der Waals surface area contributed by atoms with Crippen LogP contribution in [0.5, 0.6) is 11.5 Å². The number of carbonyl (C=O) groups excluding carboxylic acids is 2. The van der Waals surface area contributed by atoms with Crippen LogP contribution in [0.15, 0.2) is 82.0 Å². The summed E-state index contributed by atoms with van der Waals surface area (Å²) >= 11 is 4.32. The van der Waals surface area contributed by atoms with Gasteiger partial charge < -0.3 is 9.47 Å². The van der Waals surface area contributed by atoms with Gasteiger partial charge in [0.1, 0.15) is 16.4 Å². The maximum atomic E-state index is 13.8. The molecule has 0 radical (unpaired) electrons. The van der Waals surface area contributed by atoms with Gasteiger partial charge in [-0.05, 0) is 66.9 Å². The number of para-hydroxylation sites is 1. The SMILES string of the molecule is COc1ccc(/C(C)=C2\SC(C)(c3ccc(OC)cc3)N(NC(=O)CSc3nc4ccccc4s3)C2=O)cc1. The molecule has 0 bridgehead atoms. The second kappa shape index (κ2) is 11.3. The molecule has 1 aliphatic rings. The number of nitrogens with one attached hydrogen (secondary N) is 1. The minimum atomic E-state index is -0.872. The van der Waals surface area contributed by atoms with E-state index in [2.05, 4.69) is 10.4 Å². The molecule has 3 aromatic carbocycles. The first-order valence-corrected chi connectivity index (χ1v) is 14.8. The number of carbonyl (C=O) groups is 2. The lowest BCUT2D eigenvalue weighted by Gasteiger charge is -2.34. The Balaban J connectivity index is 1.42. The minimum absolute atomic E-state index is 0.128. The van der Waals surface area contributed by atoms with Gasteiger partial charge in [-0.15, -0.1) is 11.3 Å². The van der Waals surface area contributed by atoms with Crippen LogP contribution < -0.4 is 14.9 Å². The zero-order valence-electron chi connectivity index (χ0n) is 21.9. The van der Waals surface area contributed by atoms with Crippen LogP contribution in [-0.2, 0) is 14.5 Å². The number of thiazole rings is 1. The summed E-state index contributed by atoms with van der Waals surface area (Å²) in [5.74, 6) is 1.04. The van der Waals surface area contributed by atoms with E-state index in [1.165, 1.54) is 28.5 Å². The number of rotatable bonds is 8. The Kier molecular flexibility index (Phi) is 7.88. The molecule has 200 valence electrons. The van der Waals surface area contributed by atoms with Crippen molar-refractivity contribution >= 4 is 62.5 Å². The van der Waals surface area contributed by atoms with Crippen LogP contribution in [0.25, 0.3) is 15.8 Å². The highest BCUT2D eigenvalue weighted by molar-refractivity contribution is 8.05. The van der Waals surface area contributed by atoms with Crippen molar-refractivity contribution in [2.24, 2.45) is 0 Å². The van der Waals surface area contributed by atoms with Crippen molar-refractivity contribution in [3.05, 3.63) is 88.8 Å². The fraction of sp³-hybridized carbons (Fsp3) is 0.207. The van der Waals surface area contributed by atoms with Crippen LogP contribution in [0.3, 0.4) is 0 Å². The monoisotopic (exact) mass is 577 g/mol. The van der Waals surface area contributed by atoms with Crippen molar-refractivity contribution in [3.8, 4) is 11.5 Å². The van der Waals surface area contributed by atoms with Crippen LogP contribution in [-0.4, -0.2) is 41.8 Å². The first kappa shape index (κ1) is 27.1. The number of fused-ring (bicyclic) bond motifs is 1. The number of ether oxygens (including phenoxy) is 2. The number of hydrazine groups is 1. The van der Waals surface area contributed by atoms with Crippen molar-refractivity contribution in [3.63, 3.8) is 0 Å². The van der Waals surface area contributed by atoms with Crippen molar-refractivity contribution < 1.29 is 19.1 Å². The third-order valence-electron chi connectivity index (χ3n) is 6.45. The summed E-state index contributed by atoms with van der Waals surface area (Å²) < 4.78 is 12.5. The number of nitrogens with zero attached hydrogens (tertiary/aromatic N) is 2. The molecule has 1 aliphatic heterocycles. The molecule has 1 atom stereocenters. The maximum absolute atomic E-state index is 13.8. The third kappa shape index (κ3) is 5.50. The third-order valence-corrected chi connectivity index (χ3v) is 10.1. The number of amides is 2. The molecule has 2 amide bonds. The predicted octanol–water partition coefficient (Wildman–Crippen LogP) is 6.32. The molecule has 0 saturated carbocycles. The number of benzene rings is 3.